The van der Waals surface area contributed by atoms with Crippen LogP contribution in [0.15, 0.2) is 42.5 Å². The summed E-state index contributed by atoms with van der Waals surface area (Å²) in [5.41, 5.74) is 5.23. The molecule has 3 N–H and O–H groups in total. The number of para-hydroxylation sites is 1. The first-order valence-electron chi connectivity index (χ1n) is 5.97. The van der Waals surface area contributed by atoms with Crippen LogP contribution in [-0.2, 0) is 6.61 Å². The molecule has 108 valence electrons. The number of primary amides is 1. The highest BCUT2D eigenvalue weighted by molar-refractivity contribution is 5.93. The number of aliphatic hydroxyl groups is 1. The number of benzene rings is 2. The van der Waals surface area contributed by atoms with E-state index in [1.807, 2.05) is 0 Å². The number of nitrogens with zero attached hydrogens (tertiary/aromatic N) is 1. The van der Waals surface area contributed by atoms with E-state index in [4.69, 9.17) is 10.5 Å². The number of ether oxygens (including phenoxy) is 1. The molecule has 21 heavy (non-hydrogen) atoms. The molecular weight excluding hydrogens is 276 g/mol. The van der Waals surface area contributed by atoms with Gasteiger partial charge < -0.3 is 15.6 Å². The van der Waals surface area contributed by atoms with Crippen molar-refractivity contribution in [2.24, 2.45) is 5.73 Å². The van der Waals surface area contributed by atoms with Crippen LogP contribution in [0.3, 0.4) is 0 Å². The van der Waals surface area contributed by atoms with E-state index in [0.29, 0.717) is 11.3 Å². The summed E-state index contributed by atoms with van der Waals surface area (Å²) in [6, 6.07) is 10.3. The number of carbonyl (C=O) groups excluding carboxylic acids is 1. The minimum absolute atomic E-state index is 0.0180. The molecule has 0 bridgehead atoms. The topological polar surface area (TPSA) is 116 Å². The van der Waals surface area contributed by atoms with Crippen LogP contribution in [0.5, 0.6) is 11.5 Å². The van der Waals surface area contributed by atoms with Crippen molar-refractivity contribution in [3.8, 4) is 11.5 Å². The highest BCUT2D eigenvalue weighted by Gasteiger charge is 2.19. The molecule has 7 nitrogen and oxygen atoms in total. The number of rotatable bonds is 5. The first-order valence-corrected chi connectivity index (χ1v) is 5.97. The Labute approximate surface area is 119 Å². The predicted octanol–water partition coefficient (Wildman–Crippen LogP) is 1.98. The van der Waals surface area contributed by atoms with Crippen LogP contribution in [-0.4, -0.2) is 15.9 Å². The van der Waals surface area contributed by atoms with Crippen LogP contribution in [0.25, 0.3) is 0 Å². The number of aliphatic hydroxyl groups excluding tert-OH is 1. The monoisotopic (exact) mass is 288 g/mol. The maximum Gasteiger partial charge on any atom is 0.312 e. The summed E-state index contributed by atoms with van der Waals surface area (Å²) in [4.78, 5) is 21.5. The lowest BCUT2D eigenvalue weighted by Crippen LogP contribution is -2.11. The van der Waals surface area contributed by atoms with E-state index in [0.717, 1.165) is 6.07 Å². The molecule has 0 radical (unpaired) electrons. The summed E-state index contributed by atoms with van der Waals surface area (Å²) < 4.78 is 5.47. The standard InChI is InChI=1S/C14H12N2O5/c15-14(18)9-5-6-13(11(7-9)16(19)20)21-12-4-2-1-3-10(12)8-17/h1-7,17H,8H2,(H2,15,18). The summed E-state index contributed by atoms with van der Waals surface area (Å²) in [6.45, 7) is -0.261. The Morgan fingerprint density at radius 1 is 1.24 bits per heavy atom. The van der Waals surface area contributed by atoms with Gasteiger partial charge in [0.2, 0.25) is 11.7 Å². The molecule has 0 aliphatic heterocycles. The van der Waals surface area contributed by atoms with E-state index in [-0.39, 0.29) is 23.6 Å². The Morgan fingerprint density at radius 3 is 2.57 bits per heavy atom. The van der Waals surface area contributed by atoms with Gasteiger partial charge in [0.25, 0.3) is 0 Å². The minimum Gasteiger partial charge on any atom is -0.450 e. The third-order valence-corrected chi connectivity index (χ3v) is 2.80. The largest absolute Gasteiger partial charge is 0.450 e. The van der Waals surface area contributed by atoms with E-state index < -0.39 is 10.8 Å². The quantitative estimate of drug-likeness (QED) is 0.644. The third-order valence-electron chi connectivity index (χ3n) is 2.80. The Kier molecular flexibility index (Phi) is 4.15. The molecule has 0 saturated heterocycles. The smallest absolute Gasteiger partial charge is 0.312 e. The van der Waals surface area contributed by atoms with Crippen LogP contribution in [0, 0.1) is 10.1 Å². The van der Waals surface area contributed by atoms with Gasteiger partial charge in [-0.2, -0.15) is 0 Å². The summed E-state index contributed by atoms with van der Waals surface area (Å²) in [7, 11) is 0. The van der Waals surface area contributed by atoms with Crippen molar-refractivity contribution >= 4 is 11.6 Å². The maximum absolute atomic E-state index is 11.1. The van der Waals surface area contributed by atoms with Crippen molar-refractivity contribution in [2.45, 2.75) is 6.61 Å². The van der Waals surface area contributed by atoms with E-state index in [1.165, 1.54) is 12.1 Å². The zero-order chi connectivity index (χ0) is 15.4. The molecule has 2 aromatic rings. The number of carbonyl (C=O) groups is 1. The van der Waals surface area contributed by atoms with Gasteiger partial charge in [0.05, 0.1) is 11.5 Å². The first-order chi connectivity index (χ1) is 10.0. The molecule has 7 heteroatoms. The van der Waals surface area contributed by atoms with Gasteiger partial charge in [-0.25, -0.2) is 0 Å². The molecular formula is C14H12N2O5. The van der Waals surface area contributed by atoms with Crippen molar-refractivity contribution in [1.29, 1.82) is 0 Å². The lowest BCUT2D eigenvalue weighted by atomic mass is 10.1. The van der Waals surface area contributed by atoms with Gasteiger partial charge >= 0.3 is 5.69 Å². The highest BCUT2D eigenvalue weighted by atomic mass is 16.6. The van der Waals surface area contributed by atoms with Gasteiger partial charge in [0.1, 0.15) is 5.75 Å². The normalized spacial score (nSPS) is 10.1. The first kappa shape index (κ1) is 14.5. The second-order valence-electron chi connectivity index (χ2n) is 4.17. The molecule has 0 aromatic heterocycles. The van der Waals surface area contributed by atoms with Gasteiger partial charge in [0.15, 0.2) is 0 Å². The fraction of sp³-hybridized carbons (Fsp3) is 0.0714. The average Bonchev–Trinajstić information content (AvgIpc) is 2.47. The second kappa shape index (κ2) is 6.02. The highest BCUT2D eigenvalue weighted by Crippen LogP contribution is 2.33. The molecule has 1 amide bonds. The number of hydrogen-bond donors (Lipinski definition) is 2. The number of hydrogen-bond acceptors (Lipinski definition) is 5. The fourth-order valence-electron chi connectivity index (χ4n) is 1.75. The molecule has 0 aliphatic rings. The lowest BCUT2D eigenvalue weighted by Gasteiger charge is -2.10. The second-order valence-corrected chi connectivity index (χ2v) is 4.17. The lowest BCUT2D eigenvalue weighted by molar-refractivity contribution is -0.385. The van der Waals surface area contributed by atoms with Crippen LogP contribution in [0.4, 0.5) is 5.69 Å². The fourth-order valence-corrected chi connectivity index (χ4v) is 1.75. The number of nitro groups is 1. The zero-order valence-electron chi connectivity index (χ0n) is 10.9. The van der Waals surface area contributed by atoms with Crippen molar-refractivity contribution in [3.63, 3.8) is 0 Å². The molecule has 0 unspecified atom stereocenters. The Bertz CT molecular complexity index is 700. The van der Waals surface area contributed by atoms with Crippen LogP contribution >= 0.6 is 0 Å². The summed E-state index contributed by atoms with van der Waals surface area (Å²) >= 11 is 0. The van der Waals surface area contributed by atoms with Crippen molar-refractivity contribution < 1.29 is 19.6 Å². The van der Waals surface area contributed by atoms with Crippen molar-refractivity contribution in [3.05, 3.63) is 63.7 Å². The van der Waals surface area contributed by atoms with Crippen molar-refractivity contribution in [2.75, 3.05) is 0 Å². The van der Waals surface area contributed by atoms with Crippen molar-refractivity contribution in [1.82, 2.24) is 0 Å². The number of nitro benzene ring substituents is 1. The summed E-state index contributed by atoms with van der Waals surface area (Å²) in [5.74, 6) is -0.499. The van der Waals surface area contributed by atoms with Gasteiger partial charge in [-0.3, -0.25) is 14.9 Å². The van der Waals surface area contributed by atoms with Crippen LogP contribution < -0.4 is 10.5 Å². The number of nitrogens with two attached hydrogens (primary N) is 1. The molecule has 2 rings (SSSR count). The summed E-state index contributed by atoms with van der Waals surface area (Å²) in [5, 5.41) is 20.3. The molecule has 0 aliphatic carbocycles. The third kappa shape index (κ3) is 3.15. The van der Waals surface area contributed by atoms with Gasteiger partial charge in [-0.05, 0) is 18.2 Å². The Balaban J connectivity index is 2.44. The molecule has 0 saturated carbocycles. The Morgan fingerprint density at radius 2 is 1.95 bits per heavy atom. The van der Waals surface area contributed by atoms with Crippen LogP contribution in [0.2, 0.25) is 0 Å². The molecule has 0 atom stereocenters. The van der Waals surface area contributed by atoms with E-state index in [9.17, 15) is 20.0 Å². The van der Waals surface area contributed by atoms with E-state index in [1.54, 1.807) is 24.3 Å². The minimum atomic E-state index is -0.764. The van der Waals surface area contributed by atoms with E-state index in [2.05, 4.69) is 0 Å². The SMILES string of the molecule is NC(=O)c1ccc(Oc2ccccc2CO)c([N+](=O)[O-])c1. The van der Waals surface area contributed by atoms with Gasteiger partial charge in [-0.15, -0.1) is 0 Å². The maximum atomic E-state index is 11.1. The van der Waals surface area contributed by atoms with Gasteiger partial charge in [-0.1, -0.05) is 18.2 Å². The molecule has 0 fully saturated rings. The van der Waals surface area contributed by atoms with Gasteiger partial charge in [0, 0.05) is 17.2 Å². The van der Waals surface area contributed by atoms with E-state index >= 15 is 0 Å². The number of amides is 1. The average molecular weight is 288 g/mol. The summed E-state index contributed by atoms with van der Waals surface area (Å²) in [6.07, 6.45) is 0. The zero-order valence-corrected chi connectivity index (χ0v) is 10.9. The Hall–Kier alpha value is -2.93. The van der Waals surface area contributed by atoms with Crippen LogP contribution in [0.1, 0.15) is 15.9 Å². The molecule has 0 heterocycles. The molecule has 2 aromatic carbocycles. The predicted molar refractivity (Wildman–Crippen MR) is 74.1 cm³/mol. The molecule has 0 spiro atoms.